The quantitative estimate of drug-likeness (QED) is 0.927. The van der Waals surface area contributed by atoms with Gasteiger partial charge in [0.05, 0.1) is 11.2 Å². The average Bonchev–Trinajstić information content (AvgIpc) is 3.24. The van der Waals surface area contributed by atoms with Gasteiger partial charge in [-0.25, -0.2) is 4.79 Å². The molecule has 1 spiro atoms. The second kappa shape index (κ2) is 5.10. The molecule has 2 aromatic heterocycles. The van der Waals surface area contributed by atoms with Gasteiger partial charge < -0.3 is 4.74 Å². The number of anilines is 1. The molecule has 1 amide bonds. The number of cyclic esters (lactones) is 1. The van der Waals surface area contributed by atoms with Crippen LogP contribution in [-0.2, 0) is 11.3 Å². The molecule has 2 aliphatic rings. The number of nitrogens with one attached hydrogen (secondary N) is 1. The molecule has 0 aromatic carbocycles. The first-order valence-electron chi connectivity index (χ1n) is 7.34. The Morgan fingerprint density at radius 1 is 1.27 bits per heavy atom. The first kappa shape index (κ1) is 13.3. The van der Waals surface area contributed by atoms with E-state index in [0.717, 1.165) is 37.4 Å². The number of nitrogens with zero attached hydrogens (tertiary/aromatic N) is 4. The van der Waals surface area contributed by atoms with Gasteiger partial charge in [-0.3, -0.25) is 19.9 Å². The van der Waals surface area contributed by atoms with Gasteiger partial charge in [-0.2, -0.15) is 5.10 Å². The van der Waals surface area contributed by atoms with E-state index in [-0.39, 0.29) is 11.6 Å². The Labute approximate surface area is 127 Å². The molecule has 1 N–H and O–H groups in total. The molecule has 0 aliphatic carbocycles. The fraction of sp³-hybridized carbons (Fsp3) is 0.400. The highest BCUT2D eigenvalue weighted by Gasteiger charge is 2.52. The first-order chi connectivity index (χ1) is 10.8. The van der Waals surface area contributed by atoms with Gasteiger partial charge in [0.15, 0.2) is 0 Å². The molecule has 1 atom stereocenters. The number of hydrogen-bond donors (Lipinski definition) is 1. The van der Waals surface area contributed by atoms with Crippen molar-refractivity contribution in [1.29, 1.82) is 0 Å². The number of hydrogen-bond acceptors (Lipinski definition) is 5. The lowest BCUT2D eigenvalue weighted by Crippen LogP contribution is -2.49. The van der Waals surface area contributed by atoms with Crippen LogP contribution in [0.5, 0.6) is 0 Å². The molecule has 4 heterocycles. The first-order valence-corrected chi connectivity index (χ1v) is 7.34. The summed E-state index contributed by atoms with van der Waals surface area (Å²) in [7, 11) is 0. The number of pyridine rings is 1. The molecule has 114 valence electrons. The summed E-state index contributed by atoms with van der Waals surface area (Å²) in [4.78, 5) is 20.3. The molecule has 7 heteroatoms. The Bertz CT molecular complexity index is 660. The Kier molecular flexibility index (Phi) is 3.07. The Balaban J connectivity index is 1.57. The molecule has 4 rings (SSSR count). The van der Waals surface area contributed by atoms with E-state index in [4.69, 9.17) is 4.74 Å². The van der Waals surface area contributed by atoms with Crippen LogP contribution in [-0.4, -0.2) is 51.4 Å². The molecule has 0 radical (unpaired) electrons. The van der Waals surface area contributed by atoms with Gasteiger partial charge in [-0.05, 0) is 24.6 Å². The highest BCUT2D eigenvalue weighted by molar-refractivity contribution is 5.91. The van der Waals surface area contributed by atoms with E-state index < -0.39 is 0 Å². The fourth-order valence-electron chi connectivity index (χ4n) is 3.38. The van der Waals surface area contributed by atoms with Crippen LogP contribution in [0.3, 0.4) is 0 Å². The van der Waals surface area contributed by atoms with Crippen LogP contribution in [0.2, 0.25) is 0 Å². The number of aromatic nitrogens is 3. The summed E-state index contributed by atoms with van der Waals surface area (Å²) in [6.45, 7) is 2.96. The van der Waals surface area contributed by atoms with Gasteiger partial charge >= 0.3 is 6.09 Å². The molecular formula is C15H17N5O2. The maximum absolute atomic E-state index is 12.2. The summed E-state index contributed by atoms with van der Waals surface area (Å²) in [6.07, 6.45) is 5.79. The topological polar surface area (TPSA) is 74.3 Å². The van der Waals surface area contributed by atoms with Crippen molar-refractivity contribution >= 4 is 11.8 Å². The lowest BCUT2D eigenvalue weighted by Gasteiger charge is -2.31. The molecule has 7 nitrogen and oxygen atoms in total. The normalized spacial score (nSPS) is 25.1. The van der Waals surface area contributed by atoms with Crippen LogP contribution >= 0.6 is 0 Å². The van der Waals surface area contributed by atoms with Gasteiger partial charge in [-0.15, -0.1) is 0 Å². The summed E-state index contributed by atoms with van der Waals surface area (Å²) in [6, 6.07) is 5.68. The molecule has 2 aliphatic heterocycles. The van der Waals surface area contributed by atoms with Gasteiger partial charge in [0.2, 0.25) is 0 Å². The second-order valence-electron chi connectivity index (χ2n) is 5.86. The minimum atomic E-state index is -0.279. The molecule has 2 saturated heterocycles. The van der Waals surface area contributed by atoms with Crippen LogP contribution in [0.1, 0.15) is 12.1 Å². The third-order valence-electron chi connectivity index (χ3n) is 4.41. The third kappa shape index (κ3) is 2.14. The van der Waals surface area contributed by atoms with Gasteiger partial charge in [0.1, 0.15) is 6.61 Å². The number of ether oxygens (including phenoxy) is 1. The average molecular weight is 299 g/mol. The molecule has 2 fully saturated rings. The number of rotatable bonds is 3. The van der Waals surface area contributed by atoms with Crippen molar-refractivity contribution in [1.82, 2.24) is 20.1 Å². The van der Waals surface area contributed by atoms with E-state index in [2.05, 4.69) is 20.1 Å². The molecular weight excluding hydrogens is 282 g/mol. The predicted molar refractivity (Wildman–Crippen MR) is 79.3 cm³/mol. The number of H-pyrrole nitrogens is 1. The van der Waals surface area contributed by atoms with E-state index in [0.29, 0.717) is 6.61 Å². The van der Waals surface area contributed by atoms with Crippen LogP contribution < -0.4 is 4.90 Å². The lowest BCUT2D eigenvalue weighted by atomic mass is 9.98. The molecule has 2 aromatic rings. The predicted octanol–water partition coefficient (Wildman–Crippen LogP) is 1.41. The second-order valence-corrected chi connectivity index (χ2v) is 5.86. The molecule has 22 heavy (non-hydrogen) atoms. The highest BCUT2D eigenvalue weighted by Crippen LogP contribution is 2.37. The maximum Gasteiger partial charge on any atom is 0.415 e. The van der Waals surface area contributed by atoms with E-state index in [1.165, 1.54) is 0 Å². The summed E-state index contributed by atoms with van der Waals surface area (Å²) in [5, 5.41) is 6.96. The minimum absolute atomic E-state index is 0.269. The third-order valence-corrected chi connectivity index (χ3v) is 4.41. The van der Waals surface area contributed by atoms with E-state index in [1.807, 2.05) is 18.2 Å². The van der Waals surface area contributed by atoms with Crippen molar-refractivity contribution in [2.75, 3.05) is 24.6 Å². The fourth-order valence-corrected chi connectivity index (χ4v) is 3.38. The lowest BCUT2D eigenvalue weighted by molar-refractivity contribution is 0.172. The maximum atomic E-state index is 12.2. The molecule has 0 saturated carbocycles. The van der Waals surface area contributed by atoms with Crippen molar-refractivity contribution < 1.29 is 9.53 Å². The zero-order valence-electron chi connectivity index (χ0n) is 12.1. The number of likely N-dealkylation sites (tertiary alicyclic amines) is 1. The monoisotopic (exact) mass is 299 g/mol. The molecule has 0 bridgehead atoms. The van der Waals surface area contributed by atoms with Crippen LogP contribution in [0.15, 0.2) is 36.8 Å². The van der Waals surface area contributed by atoms with Gasteiger partial charge in [0, 0.05) is 43.9 Å². The van der Waals surface area contributed by atoms with Crippen LogP contribution in [0, 0.1) is 0 Å². The summed E-state index contributed by atoms with van der Waals surface area (Å²) in [5.41, 5.74) is 1.65. The van der Waals surface area contributed by atoms with Crippen LogP contribution in [0.4, 0.5) is 10.5 Å². The number of amides is 1. The van der Waals surface area contributed by atoms with E-state index >= 15 is 0 Å². The van der Waals surface area contributed by atoms with Gasteiger partial charge in [-0.1, -0.05) is 0 Å². The SMILES string of the molecule is O=C1OCC2(CCN(Cc3ccn[nH]3)C2)N1c1ccncc1. The number of carbonyl (C=O) groups excluding carboxylic acids is 1. The van der Waals surface area contributed by atoms with E-state index in [9.17, 15) is 4.79 Å². The van der Waals surface area contributed by atoms with Crippen molar-refractivity contribution in [2.45, 2.75) is 18.5 Å². The summed E-state index contributed by atoms with van der Waals surface area (Å²) in [5.74, 6) is 0. The zero-order valence-corrected chi connectivity index (χ0v) is 12.1. The van der Waals surface area contributed by atoms with Crippen LogP contribution in [0.25, 0.3) is 0 Å². The Morgan fingerprint density at radius 3 is 2.91 bits per heavy atom. The Morgan fingerprint density at radius 2 is 2.14 bits per heavy atom. The molecule has 1 unspecified atom stereocenters. The van der Waals surface area contributed by atoms with E-state index in [1.54, 1.807) is 23.5 Å². The number of aromatic amines is 1. The smallest absolute Gasteiger partial charge is 0.415 e. The number of carbonyl (C=O) groups is 1. The standard InChI is InChI=1S/C15H17N5O2/c21-14-20(13-2-5-16-6-3-13)15(11-22-14)4-8-19(10-15)9-12-1-7-17-18-12/h1-3,5-7H,4,8-11H2,(H,17,18). The van der Waals surface area contributed by atoms with Crippen molar-refractivity contribution in [3.63, 3.8) is 0 Å². The Hall–Kier alpha value is -2.41. The summed E-state index contributed by atoms with van der Waals surface area (Å²) < 4.78 is 5.36. The minimum Gasteiger partial charge on any atom is -0.447 e. The summed E-state index contributed by atoms with van der Waals surface area (Å²) >= 11 is 0. The van der Waals surface area contributed by atoms with Gasteiger partial charge in [0.25, 0.3) is 0 Å². The van der Waals surface area contributed by atoms with Crippen molar-refractivity contribution in [3.8, 4) is 0 Å². The largest absolute Gasteiger partial charge is 0.447 e. The zero-order chi connectivity index (χ0) is 15.0. The van der Waals surface area contributed by atoms with Crippen molar-refractivity contribution in [2.24, 2.45) is 0 Å². The highest BCUT2D eigenvalue weighted by atomic mass is 16.6. The van der Waals surface area contributed by atoms with Crippen molar-refractivity contribution in [3.05, 3.63) is 42.5 Å².